The van der Waals surface area contributed by atoms with E-state index in [9.17, 15) is 9.59 Å². The molecule has 1 aliphatic rings. The lowest BCUT2D eigenvalue weighted by atomic mass is 9.98. The Balaban J connectivity index is 1.37. The molecule has 1 aliphatic heterocycles. The van der Waals surface area contributed by atoms with Crippen LogP contribution in [-0.2, 0) is 4.79 Å². The average Bonchev–Trinajstić information content (AvgIpc) is 3.45. The van der Waals surface area contributed by atoms with Crippen LogP contribution in [0, 0.1) is 5.92 Å². The van der Waals surface area contributed by atoms with Crippen LogP contribution in [-0.4, -0.2) is 34.6 Å². The van der Waals surface area contributed by atoms with Gasteiger partial charge in [-0.15, -0.1) is 0 Å². The zero-order valence-electron chi connectivity index (χ0n) is 18.3. The maximum atomic E-state index is 13.1. The second kappa shape index (κ2) is 8.46. The van der Waals surface area contributed by atoms with Crippen LogP contribution in [0.25, 0.3) is 21.8 Å². The fourth-order valence-corrected chi connectivity index (χ4v) is 3.99. The van der Waals surface area contributed by atoms with Crippen molar-refractivity contribution >= 4 is 39.3 Å². The third kappa shape index (κ3) is 3.95. The molecule has 4 aromatic rings. The van der Waals surface area contributed by atoms with E-state index in [1.165, 1.54) is 0 Å². The number of aromatic nitrogens is 2. The van der Waals surface area contributed by atoms with Gasteiger partial charge in [-0.25, -0.2) is 4.98 Å². The molecule has 2 aromatic carbocycles. The number of fused-ring (bicyclic) bond motifs is 4. The van der Waals surface area contributed by atoms with E-state index in [-0.39, 0.29) is 24.3 Å². The molecule has 0 aliphatic carbocycles. The normalized spacial score (nSPS) is 14.2. The van der Waals surface area contributed by atoms with E-state index in [0.29, 0.717) is 23.6 Å². The van der Waals surface area contributed by atoms with Crippen molar-refractivity contribution in [3.63, 3.8) is 0 Å². The Bertz CT molecular complexity index is 1360. The minimum atomic E-state index is -0.728. The minimum absolute atomic E-state index is 0.0835. The fourth-order valence-electron chi connectivity index (χ4n) is 3.99. The number of H-pyrrole nitrogens is 1. The number of hydrogen-bond donors (Lipinski definition) is 3. The number of ether oxygens (including phenoxy) is 2. The first-order valence-electron chi connectivity index (χ1n) is 10.9. The number of carbonyl (C=O) groups excluding carboxylic acids is 2. The van der Waals surface area contributed by atoms with Crippen molar-refractivity contribution in [1.29, 1.82) is 0 Å². The van der Waals surface area contributed by atoms with E-state index in [1.807, 2.05) is 38.1 Å². The van der Waals surface area contributed by atoms with Gasteiger partial charge in [0.15, 0.2) is 11.5 Å². The SMILES string of the molecule is CCC(C)C(NC(=O)c1cc2c(cn1)[nH]c1ccccc12)C(=O)Nc1ccc2c(c1)OCO2. The summed E-state index contributed by atoms with van der Waals surface area (Å²) < 4.78 is 10.7. The minimum Gasteiger partial charge on any atom is -0.454 e. The van der Waals surface area contributed by atoms with Crippen LogP contribution in [0.1, 0.15) is 30.8 Å². The second-order valence-corrected chi connectivity index (χ2v) is 8.18. The Morgan fingerprint density at radius 3 is 2.73 bits per heavy atom. The monoisotopic (exact) mass is 444 g/mol. The topological polar surface area (TPSA) is 105 Å². The van der Waals surface area contributed by atoms with E-state index in [4.69, 9.17) is 9.47 Å². The Morgan fingerprint density at radius 1 is 1.06 bits per heavy atom. The molecule has 33 heavy (non-hydrogen) atoms. The highest BCUT2D eigenvalue weighted by atomic mass is 16.7. The lowest BCUT2D eigenvalue weighted by Crippen LogP contribution is -2.47. The van der Waals surface area contributed by atoms with E-state index in [2.05, 4.69) is 20.6 Å². The van der Waals surface area contributed by atoms with Crippen LogP contribution in [0.4, 0.5) is 5.69 Å². The van der Waals surface area contributed by atoms with E-state index < -0.39 is 11.9 Å². The Hall–Kier alpha value is -4.07. The van der Waals surface area contributed by atoms with Gasteiger partial charge in [0, 0.05) is 28.0 Å². The van der Waals surface area contributed by atoms with Gasteiger partial charge in [-0.05, 0) is 30.2 Å². The lowest BCUT2D eigenvalue weighted by molar-refractivity contribution is -0.119. The number of para-hydroxylation sites is 1. The highest BCUT2D eigenvalue weighted by molar-refractivity contribution is 6.09. The average molecular weight is 444 g/mol. The number of benzene rings is 2. The van der Waals surface area contributed by atoms with Crippen molar-refractivity contribution in [2.75, 3.05) is 12.1 Å². The van der Waals surface area contributed by atoms with Gasteiger partial charge in [-0.3, -0.25) is 9.59 Å². The standard InChI is InChI=1S/C25H24N4O4/c1-3-14(2)23(25(31)27-15-8-9-21-22(10-15)33-13-32-21)29-24(30)19-11-17-16-6-4-5-7-18(16)28-20(17)12-26-19/h4-12,14,23,28H,3,13H2,1-2H3,(H,27,31)(H,29,30). The largest absolute Gasteiger partial charge is 0.454 e. The molecule has 2 amide bonds. The smallest absolute Gasteiger partial charge is 0.270 e. The molecule has 0 bridgehead atoms. The number of aromatic amines is 1. The number of rotatable bonds is 6. The summed E-state index contributed by atoms with van der Waals surface area (Å²) in [6.07, 6.45) is 2.36. The number of nitrogens with zero attached hydrogens (tertiary/aromatic N) is 1. The van der Waals surface area contributed by atoms with E-state index in [1.54, 1.807) is 30.5 Å². The summed E-state index contributed by atoms with van der Waals surface area (Å²) in [7, 11) is 0. The molecule has 0 radical (unpaired) electrons. The fraction of sp³-hybridized carbons (Fsp3) is 0.240. The number of anilines is 1. The highest BCUT2D eigenvalue weighted by Gasteiger charge is 2.27. The van der Waals surface area contributed by atoms with Gasteiger partial charge in [0.05, 0.1) is 11.7 Å². The van der Waals surface area contributed by atoms with Crippen molar-refractivity contribution < 1.29 is 19.1 Å². The number of pyridine rings is 1. The summed E-state index contributed by atoms with van der Waals surface area (Å²) in [4.78, 5) is 33.8. The molecule has 2 aromatic heterocycles. The first kappa shape index (κ1) is 20.8. The van der Waals surface area contributed by atoms with E-state index >= 15 is 0 Å². The summed E-state index contributed by atoms with van der Waals surface area (Å²) in [6, 6.07) is 14.1. The molecule has 5 rings (SSSR count). The molecule has 3 heterocycles. The molecular formula is C25H24N4O4. The van der Waals surface area contributed by atoms with Gasteiger partial charge >= 0.3 is 0 Å². The van der Waals surface area contributed by atoms with Crippen LogP contribution >= 0.6 is 0 Å². The van der Waals surface area contributed by atoms with Gasteiger partial charge in [0.1, 0.15) is 11.7 Å². The molecule has 3 N–H and O–H groups in total. The predicted octanol–water partition coefficient (Wildman–Crippen LogP) is 4.23. The number of amides is 2. The Labute approximate surface area is 190 Å². The summed E-state index contributed by atoms with van der Waals surface area (Å²) in [5.41, 5.74) is 2.67. The maximum absolute atomic E-state index is 13.1. The van der Waals surface area contributed by atoms with Gasteiger partial charge < -0.3 is 25.1 Å². The van der Waals surface area contributed by atoms with Crippen LogP contribution < -0.4 is 20.1 Å². The third-order valence-electron chi connectivity index (χ3n) is 6.05. The quantitative estimate of drug-likeness (QED) is 0.413. The number of carbonyl (C=O) groups is 2. The van der Waals surface area contributed by atoms with Gasteiger partial charge in [-0.1, -0.05) is 38.5 Å². The molecule has 168 valence electrons. The summed E-state index contributed by atoms with van der Waals surface area (Å²) in [5, 5.41) is 7.69. The van der Waals surface area contributed by atoms with Crippen molar-refractivity contribution in [1.82, 2.24) is 15.3 Å². The molecule has 8 heteroatoms. The molecule has 0 saturated heterocycles. The number of nitrogens with one attached hydrogen (secondary N) is 3. The van der Waals surface area contributed by atoms with Crippen molar-refractivity contribution in [2.24, 2.45) is 5.92 Å². The zero-order chi connectivity index (χ0) is 22.9. The van der Waals surface area contributed by atoms with Crippen molar-refractivity contribution in [2.45, 2.75) is 26.3 Å². The second-order valence-electron chi connectivity index (χ2n) is 8.18. The first-order valence-corrected chi connectivity index (χ1v) is 10.9. The van der Waals surface area contributed by atoms with E-state index in [0.717, 1.165) is 21.8 Å². The third-order valence-corrected chi connectivity index (χ3v) is 6.05. The van der Waals surface area contributed by atoms with Crippen LogP contribution in [0.3, 0.4) is 0 Å². The first-order chi connectivity index (χ1) is 16.0. The number of hydrogen-bond acceptors (Lipinski definition) is 5. The van der Waals surface area contributed by atoms with Gasteiger partial charge in [-0.2, -0.15) is 0 Å². The van der Waals surface area contributed by atoms with Crippen LogP contribution in [0.2, 0.25) is 0 Å². The molecule has 0 saturated carbocycles. The van der Waals surface area contributed by atoms with Crippen molar-refractivity contribution in [3.8, 4) is 11.5 Å². The molecule has 0 spiro atoms. The van der Waals surface area contributed by atoms with Gasteiger partial charge in [0.25, 0.3) is 5.91 Å². The van der Waals surface area contributed by atoms with Crippen LogP contribution in [0.15, 0.2) is 54.7 Å². The van der Waals surface area contributed by atoms with Crippen molar-refractivity contribution in [3.05, 3.63) is 60.4 Å². The maximum Gasteiger partial charge on any atom is 0.270 e. The summed E-state index contributed by atoms with van der Waals surface area (Å²) >= 11 is 0. The molecule has 0 fully saturated rings. The molecule has 2 unspecified atom stereocenters. The molecule has 8 nitrogen and oxygen atoms in total. The predicted molar refractivity (Wildman–Crippen MR) is 126 cm³/mol. The van der Waals surface area contributed by atoms with Crippen LogP contribution in [0.5, 0.6) is 11.5 Å². The molecule has 2 atom stereocenters. The molecular weight excluding hydrogens is 420 g/mol. The summed E-state index contributed by atoms with van der Waals surface area (Å²) in [5.74, 6) is 0.435. The summed E-state index contributed by atoms with van der Waals surface area (Å²) in [6.45, 7) is 4.07. The zero-order valence-corrected chi connectivity index (χ0v) is 18.3. The lowest BCUT2D eigenvalue weighted by Gasteiger charge is -2.23. The van der Waals surface area contributed by atoms with Gasteiger partial charge in [0.2, 0.25) is 12.7 Å². The Kier molecular flexibility index (Phi) is 5.34. The highest BCUT2D eigenvalue weighted by Crippen LogP contribution is 2.34. The Morgan fingerprint density at radius 2 is 1.88 bits per heavy atom.